The summed E-state index contributed by atoms with van der Waals surface area (Å²) in [5, 5.41) is 8.87. The Morgan fingerprint density at radius 3 is 2.52 bits per heavy atom. The maximum Gasteiger partial charge on any atom is 0.376 e. The van der Waals surface area contributed by atoms with Crippen LogP contribution < -0.4 is 0 Å². The zero-order valence-electron chi connectivity index (χ0n) is 11.4. The molecular weight excluding hydrogens is 280 g/mol. The number of nitrogens with zero attached hydrogens (tertiary/aromatic N) is 2. The van der Waals surface area contributed by atoms with Gasteiger partial charge in [-0.1, -0.05) is 0 Å². The molecule has 0 N–H and O–H groups in total. The zero-order valence-corrected chi connectivity index (χ0v) is 11.4. The number of esters is 2. The van der Waals surface area contributed by atoms with Gasteiger partial charge in [0, 0.05) is 12.6 Å². The number of aromatic nitrogens is 1. The van der Waals surface area contributed by atoms with Crippen LogP contribution in [0.1, 0.15) is 28.5 Å². The van der Waals surface area contributed by atoms with E-state index in [-0.39, 0.29) is 17.7 Å². The fourth-order valence-corrected chi connectivity index (χ4v) is 1.74. The summed E-state index contributed by atoms with van der Waals surface area (Å²) < 4.78 is 9.93. The van der Waals surface area contributed by atoms with E-state index in [0.717, 1.165) is 18.8 Å². The minimum Gasteiger partial charge on any atom is -0.464 e. The molecule has 8 nitrogen and oxygen atoms in total. The molecule has 1 aromatic rings. The second-order valence-corrected chi connectivity index (χ2v) is 3.90. The molecule has 21 heavy (non-hydrogen) atoms. The van der Waals surface area contributed by atoms with Crippen LogP contribution in [-0.4, -0.2) is 42.8 Å². The fourth-order valence-electron chi connectivity index (χ4n) is 1.74. The number of nitriles is 1. The first-order valence-corrected chi connectivity index (χ1v) is 5.76. The summed E-state index contributed by atoms with van der Waals surface area (Å²) in [6.07, 6.45) is 1.28. The lowest BCUT2D eigenvalue weighted by Crippen LogP contribution is -2.29. The number of Topliss-reactive ketones (excluding diaryl/α,β-unsaturated/α-hetero) is 1. The number of hydrogen-bond donors (Lipinski definition) is 0. The van der Waals surface area contributed by atoms with Crippen LogP contribution in [0.5, 0.6) is 0 Å². The van der Waals surface area contributed by atoms with Gasteiger partial charge in [0.1, 0.15) is 24.1 Å². The van der Waals surface area contributed by atoms with Crippen LogP contribution in [0.15, 0.2) is 12.3 Å². The molecule has 0 spiro atoms. The van der Waals surface area contributed by atoms with Crippen LogP contribution >= 0.6 is 0 Å². The Bertz CT molecular complexity index is 625. The van der Waals surface area contributed by atoms with Gasteiger partial charge in [0.15, 0.2) is 0 Å². The number of carbonyl (C=O) groups excluding carboxylic acids is 4. The van der Waals surface area contributed by atoms with E-state index >= 15 is 0 Å². The lowest BCUT2D eigenvalue weighted by atomic mass is 10.1. The van der Waals surface area contributed by atoms with Crippen LogP contribution in [0, 0.1) is 11.3 Å². The summed E-state index contributed by atoms with van der Waals surface area (Å²) in [5.74, 6) is -2.95. The molecule has 0 fully saturated rings. The average Bonchev–Trinajstić information content (AvgIpc) is 2.94. The highest BCUT2D eigenvalue weighted by molar-refractivity contribution is 6.35. The Morgan fingerprint density at radius 2 is 2.05 bits per heavy atom. The van der Waals surface area contributed by atoms with Gasteiger partial charge in [0.05, 0.1) is 19.8 Å². The molecule has 0 radical (unpaired) electrons. The van der Waals surface area contributed by atoms with Crippen molar-refractivity contribution < 1.29 is 28.7 Å². The van der Waals surface area contributed by atoms with Gasteiger partial charge in [-0.3, -0.25) is 4.79 Å². The van der Waals surface area contributed by atoms with Gasteiger partial charge in [0.25, 0.3) is 5.78 Å². The van der Waals surface area contributed by atoms with E-state index in [9.17, 15) is 19.2 Å². The maximum absolute atomic E-state index is 11.9. The molecule has 0 aliphatic heterocycles. The standard InChI is InChI=1S/C13H12N2O6/c1-20-12(18)10-5-8(6-14)7-15(10)9(3-4-16)11(17)13(19)21-2/h4-5,7,9H,3H2,1-2H3. The molecule has 1 rings (SSSR count). The van der Waals surface area contributed by atoms with E-state index in [2.05, 4.69) is 9.47 Å². The van der Waals surface area contributed by atoms with E-state index in [4.69, 9.17) is 5.26 Å². The van der Waals surface area contributed by atoms with Gasteiger partial charge in [-0.25, -0.2) is 9.59 Å². The van der Waals surface area contributed by atoms with Gasteiger partial charge in [-0.2, -0.15) is 5.26 Å². The van der Waals surface area contributed by atoms with E-state index in [0.29, 0.717) is 6.29 Å². The van der Waals surface area contributed by atoms with Crippen molar-refractivity contribution in [1.29, 1.82) is 5.26 Å². The predicted octanol–water partition coefficient (Wildman–Crippen LogP) is 0.0186. The SMILES string of the molecule is COC(=O)C(=O)C(CC=O)n1cc(C#N)cc1C(=O)OC. The number of ether oxygens (including phenoxy) is 2. The third kappa shape index (κ3) is 3.33. The van der Waals surface area contributed by atoms with E-state index < -0.39 is 23.8 Å². The van der Waals surface area contributed by atoms with E-state index in [1.807, 2.05) is 0 Å². The zero-order chi connectivity index (χ0) is 16.0. The molecule has 1 unspecified atom stereocenters. The van der Waals surface area contributed by atoms with Gasteiger partial charge in [-0.15, -0.1) is 0 Å². The molecule has 0 saturated heterocycles. The number of ketones is 1. The smallest absolute Gasteiger partial charge is 0.376 e. The second kappa shape index (κ2) is 7.00. The maximum atomic E-state index is 11.9. The fraction of sp³-hybridized carbons (Fsp3) is 0.308. The van der Waals surface area contributed by atoms with Crippen molar-refractivity contribution in [3.8, 4) is 6.07 Å². The highest BCUT2D eigenvalue weighted by atomic mass is 16.5. The lowest BCUT2D eigenvalue weighted by molar-refractivity contribution is -0.153. The molecule has 8 heteroatoms. The molecule has 110 valence electrons. The van der Waals surface area contributed by atoms with Crippen molar-refractivity contribution in [2.24, 2.45) is 0 Å². The van der Waals surface area contributed by atoms with Crippen LogP contribution in [0.2, 0.25) is 0 Å². The Morgan fingerprint density at radius 1 is 1.38 bits per heavy atom. The van der Waals surface area contributed by atoms with Gasteiger partial charge < -0.3 is 18.8 Å². The van der Waals surface area contributed by atoms with Crippen molar-refractivity contribution >= 4 is 24.0 Å². The first-order chi connectivity index (χ1) is 9.99. The Kier molecular flexibility index (Phi) is 5.37. The molecule has 0 bridgehead atoms. The number of rotatable bonds is 6. The molecule has 0 amide bonds. The van der Waals surface area contributed by atoms with Gasteiger partial charge >= 0.3 is 11.9 Å². The molecule has 0 saturated carbocycles. The number of carbonyl (C=O) groups is 4. The normalized spacial score (nSPS) is 11.1. The molecule has 1 atom stereocenters. The first kappa shape index (κ1) is 16.1. The molecule has 1 heterocycles. The van der Waals surface area contributed by atoms with Crippen molar-refractivity contribution in [3.05, 3.63) is 23.5 Å². The van der Waals surface area contributed by atoms with E-state index in [1.54, 1.807) is 6.07 Å². The molecular formula is C13H12N2O6. The van der Waals surface area contributed by atoms with Crippen LogP contribution in [0.4, 0.5) is 0 Å². The highest BCUT2D eigenvalue weighted by Crippen LogP contribution is 2.20. The third-order valence-corrected chi connectivity index (χ3v) is 2.72. The quantitative estimate of drug-likeness (QED) is 0.412. The van der Waals surface area contributed by atoms with Crippen molar-refractivity contribution in [2.75, 3.05) is 14.2 Å². The Hall–Kier alpha value is -2.95. The first-order valence-electron chi connectivity index (χ1n) is 5.76. The molecule has 0 aromatic carbocycles. The Labute approximate surface area is 119 Å². The lowest BCUT2D eigenvalue weighted by Gasteiger charge is -2.16. The molecule has 0 aliphatic rings. The summed E-state index contributed by atoms with van der Waals surface area (Å²) >= 11 is 0. The monoisotopic (exact) mass is 292 g/mol. The number of methoxy groups -OCH3 is 2. The molecule has 1 aromatic heterocycles. The van der Waals surface area contributed by atoms with Crippen LogP contribution in [0.3, 0.4) is 0 Å². The topological polar surface area (TPSA) is 115 Å². The summed E-state index contributed by atoms with van der Waals surface area (Å²) in [5.41, 5.74) is -0.0258. The predicted molar refractivity (Wildman–Crippen MR) is 67.2 cm³/mol. The number of hydrogen-bond acceptors (Lipinski definition) is 7. The van der Waals surface area contributed by atoms with Gasteiger partial charge in [0.2, 0.25) is 0 Å². The minimum atomic E-state index is -1.27. The summed E-state index contributed by atoms with van der Waals surface area (Å²) in [6.45, 7) is 0. The summed E-state index contributed by atoms with van der Waals surface area (Å²) in [6, 6.07) is 1.73. The summed E-state index contributed by atoms with van der Waals surface area (Å²) in [4.78, 5) is 45.7. The average molecular weight is 292 g/mol. The summed E-state index contributed by atoms with van der Waals surface area (Å²) in [7, 11) is 2.15. The van der Waals surface area contributed by atoms with Crippen LogP contribution in [-0.2, 0) is 23.9 Å². The van der Waals surface area contributed by atoms with Crippen molar-refractivity contribution in [3.63, 3.8) is 0 Å². The minimum absolute atomic E-state index is 0.0870. The largest absolute Gasteiger partial charge is 0.464 e. The highest BCUT2D eigenvalue weighted by Gasteiger charge is 2.30. The van der Waals surface area contributed by atoms with Crippen LogP contribution in [0.25, 0.3) is 0 Å². The Balaban J connectivity index is 3.37. The van der Waals surface area contributed by atoms with E-state index in [1.165, 1.54) is 12.3 Å². The van der Waals surface area contributed by atoms with Crippen molar-refractivity contribution in [2.45, 2.75) is 12.5 Å². The molecule has 0 aliphatic carbocycles. The second-order valence-electron chi connectivity index (χ2n) is 3.90. The van der Waals surface area contributed by atoms with Crippen molar-refractivity contribution in [1.82, 2.24) is 4.57 Å². The number of aldehydes is 1. The van der Waals surface area contributed by atoms with Gasteiger partial charge in [-0.05, 0) is 6.07 Å². The third-order valence-electron chi connectivity index (χ3n) is 2.72.